The van der Waals surface area contributed by atoms with Gasteiger partial charge in [0.05, 0.1) is 0 Å². The fourth-order valence-electron chi connectivity index (χ4n) is 1.88. The molecule has 1 aliphatic carbocycles. The van der Waals surface area contributed by atoms with Gasteiger partial charge in [-0.2, -0.15) is 18.3 Å². The van der Waals surface area contributed by atoms with Crippen LogP contribution >= 0.6 is 11.6 Å². The van der Waals surface area contributed by atoms with Crippen LogP contribution in [0.25, 0.3) is 0 Å². The van der Waals surface area contributed by atoms with Crippen LogP contribution in [-0.2, 0) is 18.8 Å². The molecule has 0 radical (unpaired) electrons. The third kappa shape index (κ3) is 1.60. The van der Waals surface area contributed by atoms with Crippen LogP contribution in [0.5, 0.6) is 0 Å². The van der Waals surface area contributed by atoms with Gasteiger partial charge in [-0.25, -0.2) is 0 Å². The zero-order valence-electron chi connectivity index (χ0n) is 8.82. The first-order chi connectivity index (χ1) is 7.32. The van der Waals surface area contributed by atoms with Gasteiger partial charge in [0.2, 0.25) is 0 Å². The Kier molecular flexibility index (Phi) is 2.47. The van der Waals surface area contributed by atoms with Gasteiger partial charge in [0.25, 0.3) is 0 Å². The first kappa shape index (κ1) is 11.7. The monoisotopic (exact) mass is 253 g/mol. The summed E-state index contributed by atoms with van der Waals surface area (Å²) in [7, 11) is 3.04. The van der Waals surface area contributed by atoms with E-state index < -0.39 is 17.4 Å². The van der Waals surface area contributed by atoms with Crippen LogP contribution in [0.3, 0.4) is 0 Å². The van der Waals surface area contributed by atoms with E-state index in [2.05, 4.69) is 10.4 Å². The Hall–Kier alpha value is -0.750. The van der Waals surface area contributed by atoms with Crippen molar-refractivity contribution in [1.82, 2.24) is 15.1 Å². The zero-order valence-corrected chi connectivity index (χ0v) is 9.58. The van der Waals surface area contributed by atoms with Crippen molar-refractivity contribution in [3.8, 4) is 0 Å². The third-order valence-electron chi connectivity index (χ3n) is 2.95. The van der Waals surface area contributed by atoms with E-state index in [-0.39, 0.29) is 10.7 Å². The molecule has 0 unspecified atom stereocenters. The summed E-state index contributed by atoms with van der Waals surface area (Å²) in [5.74, 6) is 0. The van der Waals surface area contributed by atoms with Crippen molar-refractivity contribution in [2.45, 2.75) is 24.6 Å². The normalized spacial score (nSPS) is 18.9. The first-order valence-electron chi connectivity index (χ1n) is 4.81. The van der Waals surface area contributed by atoms with E-state index in [1.54, 1.807) is 7.05 Å². The van der Waals surface area contributed by atoms with E-state index in [1.807, 2.05) is 0 Å². The Morgan fingerprint density at radius 3 is 2.38 bits per heavy atom. The van der Waals surface area contributed by atoms with E-state index in [0.717, 1.165) is 4.68 Å². The molecule has 0 aromatic carbocycles. The second kappa shape index (κ2) is 3.37. The lowest BCUT2D eigenvalue weighted by molar-refractivity contribution is -0.142. The number of alkyl halides is 3. The SMILES string of the molecule is CNC1(c2c(C(F)(F)F)nn(C)c2Cl)CC1. The van der Waals surface area contributed by atoms with Crippen LogP contribution in [0.15, 0.2) is 0 Å². The molecule has 1 aromatic rings. The maximum absolute atomic E-state index is 12.8. The van der Waals surface area contributed by atoms with Gasteiger partial charge >= 0.3 is 6.18 Å². The van der Waals surface area contributed by atoms with Crippen LogP contribution in [0.1, 0.15) is 24.1 Å². The van der Waals surface area contributed by atoms with Crippen molar-refractivity contribution in [3.05, 3.63) is 16.4 Å². The number of aromatic nitrogens is 2. The summed E-state index contributed by atoms with van der Waals surface area (Å²) in [6.07, 6.45) is -3.16. The summed E-state index contributed by atoms with van der Waals surface area (Å²) in [4.78, 5) is 0. The number of aryl methyl sites for hydroxylation is 1. The second-order valence-electron chi connectivity index (χ2n) is 3.97. The molecule has 1 fully saturated rings. The summed E-state index contributed by atoms with van der Waals surface area (Å²) < 4.78 is 39.4. The maximum atomic E-state index is 12.8. The molecule has 1 saturated carbocycles. The molecule has 3 nitrogen and oxygen atoms in total. The van der Waals surface area contributed by atoms with Crippen LogP contribution in [0, 0.1) is 0 Å². The number of halogens is 4. The molecule has 0 saturated heterocycles. The molecule has 1 aliphatic rings. The average Bonchev–Trinajstić information content (AvgIpc) is 2.90. The number of nitrogens with zero attached hydrogens (tertiary/aromatic N) is 2. The Bertz CT molecular complexity index is 420. The molecular formula is C9H11ClF3N3. The standard InChI is InChI=1S/C9H11ClF3N3/c1-14-8(3-4-8)5-6(9(11,12)13)15-16(2)7(5)10/h14H,3-4H2,1-2H3. The van der Waals surface area contributed by atoms with Gasteiger partial charge in [0, 0.05) is 18.2 Å². The molecular weight excluding hydrogens is 243 g/mol. The summed E-state index contributed by atoms with van der Waals surface area (Å²) in [5, 5.41) is 6.41. The Morgan fingerprint density at radius 2 is 2.00 bits per heavy atom. The largest absolute Gasteiger partial charge is 0.435 e. The van der Waals surface area contributed by atoms with E-state index in [1.165, 1.54) is 7.05 Å². The molecule has 2 rings (SSSR count). The topological polar surface area (TPSA) is 29.9 Å². The minimum absolute atomic E-state index is 0.0548. The highest BCUT2D eigenvalue weighted by molar-refractivity contribution is 6.30. The molecule has 1 heterocycles. The molecule has 1 aromatic heterocycles. The summed E-state index contributed by atoms with van der Waals surface area (Å²) in [6.45, 7) is 0. The van der Waals surface area contributed by atoms with Gasteiger partial charge < -0.3 is 5.32 Å². The number of rotatable bonds is 2. The van der Waals surface area contributed by atoms with Gasteiger partial charge in [0.1, 0.15) is 5.15 Å². The number of hydrogen-bond acceptors (Lipinski definition) is 2. The minimum Gasteiger partial charge on any atom is -0.310 e. The molecule has 0 spiro atoms. The van der Waals surface area contributed by atoms with E-state index in [4.69, 9.17) is 11.6 Å². The molecule has 16 heavy (non-hydrogen) atoms. The Balaban J connectivity index is 2.59. The smallest absolute Gasteiger partial charge is 0.310 e. The molecule has 0 atom stereocenters. The van der Waals surface area contributed by atoms with Gasteiger partial charge in [0.15, 0.2) is 5.69 Å². The molecule has 0 bridgehead atoms. The number of hydrogen-bond donors (Lipinski definition) is 1. The molecule has 90 valence electrons. The van der Waals surface area contributed by atoms with Crippen LogP contribution < -0.4 is 5.32 Å². The molecule has 0 aliphatic heterocycles. The quantitative estimate of drug-likeness (QED) is 0.877. The summed E-state index contributed by atoms with van der Waals surface area (Å²) in [5.41, 5.74) is -1.45. The van der Waals surface area contributed by atoms with E-state index >= 15 is 0 Å². The van der Waals surface area contributed by atoms with Gasteiger partial charge in [-0.3, -0.25) is 4.68 Å². The fourth-order valence-corrected chi connectivity index (χ4v) is 2.18. The summed E-state index contributed by atoms with van der Waals surface area (Å²) >= 11 is 5.88. The van der Waals surface area contributed by atoms with Crippen LogP contribution in [0.4, 0.5) is 13.2 Å². The molecule has 1 N–H and O–H groups in total. The molecule has 0 amide bonds. The number of nitrogens with one attached hydrogen (secondary N) is 1. The average molecular weight is 254 g/mol. The zero-order chi connectivity index (χ0) is 12.1. The minimum atomic E-state index is -4.47. The highest BCUT2D eigenvalue weighted by Crippen LogP contribution is 2.51. The van der Waals surface area contributed by atoms with Crippen molar-refractivity contribution < 1.29 is 13.2 Å². The van der Waals surface area contributed by atoms with Crippen molar-refractivity contribution in [2.75, 3.05) is 7.05 Å². The van der Waals surface area contributed by atoms with Gasteiger partial charge in [-0.05, 0) is 19.9 Å². The second-order valence-corrected chi connectivity index (χ2v) is 4.33. The van der Waals surface area contributed by atoms with Crippen molar-refractivity contribution in [2.24, 2.45) is 7.05 Å². The predicted octanol–water partition coefficient (Wildman–Crippen LogP) is 2.30. The predicted molar refractivity (Wildman–Crippen MR) is 53.2 cm³/mol. The van der Waals surface area contributed by atoms with Crippen molar-refractivity contribution in [1.29, 1.82) is 0 Å². The first-order valence-corrected chi connectivity index (χ1v) is 5.19. The lowest BCUT2D eigenvalue weighted by Gasteiger charge is -2.16. The van der Waals surface area contributed by atoms with Crippen LogP contribution in [0.2, 0.25) is 5.15 Å². The fraction of sp³-hybridized carbons (Fsp3) is 0.667. The maximum Gasteiger partial charge on any atom is 0.435 e. The Morgan fingerprint density at radius 1 is 1.44 bits per heavy atom. The Labute approximate surface area is 95.6 Å². The van der Waals surface area contributed by atoms with E-state index in [9.17, 15) is 13.2 Å². The van der Waals surface area contributed by atoms with Crippen LogP contribution in [-0.4, -0.2) is 16.8 Å². The lowest BCUT2D eigenvalue weighted by atomic mass is 10.1. The van der Waals surface area contributed by atoms with Gasteiger partial charge in [-0.15, -0.1) is 0 Å². The lowest BCUT2D eigenvalue weighted by Crippen LogP contribution is -2.27. The third-order valence-corrected chi connectivity index (χ3v) is 3.39. The van der Waals surface area contributed by atoms with Crippen molar-refractivity contribution >= 4 is 11.6 Å². The van der Waals surface area contributed by atoms with Crippen molar-refractivity contribution in [3.63, 3.8) is 0 Å². The highest BCUT2D eigenvalue weighted by Gasteiger charge is 2.52. The van der Waals surface area contributed by atoms with Gasteiger partial charge in [-0.1, -0.05) is 11.6 Å². The highest BCUT2D eigenvalue weighted by atomic mass is 35.5. The van der Waals surface area contributed by atoms with E-state index in [0.29, 0.717) is 12.8 Å². The molecule has 7 heteroatoms. The summed E-state index contributed by atoms with van der Waals surface area (Å²) in [6, 6.07) is 0.